The van der Waals surface area contributed by atoms with Crippen molar-refractivity contribution in [1.82, 2.24) is 0 Å². The van der Waals surface area contributed by atoms with E-state index < -0.39 is 4.92 Å². The highest BCUT2D eigenvalue weighted by atomic mass is 16.6. The van der Waals surface area contributed by atoms with Crippen LogP contribution in [0.3, 0.4) is 0 Å². The van der Waals surface area contributed by atoms with Crippen LogP contribution in [-0.2, 0) is 13.2 Å². The van der Waals surface area contributed by atoms with Crippen LogP contribution in [0.4, 0.5) is 11.4 Å². The number of benzene rings is 4. The number of rotatable bonds is 10. The quantitative estimate of drug-likeness (QED) is 0.214. The fraction of sp³-hybridized carbons (Fsp3) is 0.111. The fourth-order valence-electron chi connectivity index (χ4n) is 3.29. The highest BCUT2D eigenvalue weighted by Gasteiger charge is 2.08. The highest BCUT2D eigenvalue weighted by molar-refractivity contribution is 5.49. The van der Waals surface area contributed by atoms with Gasteiger partial charge in [-0.15, -0.1) is 0 Å². The molecule has 4 aromatic rings. The molecule has 7 nitrogen and oxygen atoms in total. The maximum absolute atomic E-state index is 10.8. The van der Waals surface area contributed by atoms with Gasteiger partial charge in [0, 0.05) is 24.4 Å². The average molecular weight is 456 g/mol. The Morgan fingerprint density at radius 1 is 0.794 bits per heavy atom. The zero-order chi connectivity index (χ0) is 23.8. The summed E-state index contributed by atoms with van der Waals surface area (Å²) in [5.74, 6) is 2.79. The molecule has 4 aromatic carbocycles. The van der Waals surface area contributed by atoms with Gasteiger partial charge in [0.25, 0.3) is 5.69 Å². The number of anilines is 1. The van der Waals surface area contributed by atoms with E-state index in [-0.39, 0.29) is 12.3 Å². The molecule has 0 saturated heterocycles. The smallest absolute Gasteiger partial charge is 0.269 e. The van der Waals surface area contributed by atoms with Gasteiger partial charge in [-0.25, -0.2) is 0 Å². The second kappa shape index (κ2) is 10.9. The Kier molecular flexibility index (Phi) is 7.25. The summed E-state index contributed by atoms with van der Waals surface area (Å²) in [6.45, 7) is 0.890. The largest absolute Gasteiger partial charge is 0.493 e. The number of nitro groups is 1. The van der Waals surface area contributed by atoms with E-state index in [1.54, 1.807) is 19.2 Å². The number of nitrogens with one attached hydrogen (secondary N) is 1. The van der Waals surface area contributed by atoms with Crippen LogP contribution in [0.5, 0.6) is 23.0 Å². The molecule has 0 unspecified atom stereocenters. The summed E-state index contributed by atoms with van der Waals surface area (Å²) in [5, 5.41) is 14.2. The molecule has 0 aliphatic carbocycles. The summed E-state index contributed by atoms with van der Waals surface area (Å²) in [6.07, 6.45) is 0. The molecule has 0 heterocycles. The minimum Gasteiger partial charge on any atom is -0.493 e. The van der Waals surface area contributed by atoms with Crippen LogP contribution in [0.25, 0.3) is 0 Å². The standard InChI is InChI=1S/C27H24N2O5/c1-32-27-17-21(9-16-26(27)33-19-20-7-12-23(13-8-20)29(30)31)18-28-22-10-14-25(15-11-22)34-24-5-3-2-4-6-24/h2-17,28H,18-19H2,1H3. The monoisotopic (exact) mass is 456 g/mol. The van der Waals surface area contributed by atoms with E-state index >= 15 is 0 Å². The maximum Gasteiger partial charge on any atom is 0.269 e. The van der Waals surface area contributed by atoms with E-state index in [2.05, 4.69) is 5.32 Å². The van der Waals surface area contributed by atoms with E-state index in [4.69, 9.17) is 14.2 Å². The van der Waals surface area contributed by atoms with Gasteiger partial charge in [0.15, 0.2) is 11.5 Å². The normalized spacial score (nSPS) is 10.4. The van der Waals surface area contributed by atoms with Crippen LogP contribution in [0, 0.1) is 10.1 Å². The van der Waals surface area contributed by atoms with Gasteiger partial charge in [0.2, 0.25) is 0 Å². The molecule has 0 aliphatic rings. The van der Waals surface area contributed by atoms with Crippen LogP contribution >= 0.6 is 0 Å². The molecule has 0 saturated carbocycles. The molecule has 172 valence electrons. The summed E-state index contributed by atoms with van der Waals surface area (Å²) < 4.78 is 17.2. The van der Waals surface area contributed by atoms with Gasteiger partial charge in [0.1, 0.15) is 18.1 Å². The van der Waals surface area contributed by atoms with Crippen molar-refractivity contribution < 1.29 is 19.1 Å². The molecule has 0 aromatic heterocycles. The Hall–Kier alpha value is -4.52. The molecule has 1 N–H and O–H groups in total. The molecule has 4 rings (SSSR count). The first-order valence-electron chi connectivity index (χ1n) is 10.7. The molecular weight excluding hydrogens is 432 g/mol. The van der Waals surface area contributed by atoms with Crippen molar-refractivity contribution in [2.75, 3.05) is 12.4 Å². The number of para-hydroxylation sites is 1. The van der Waals surface area contributed by atoms with Crippen LogP contribution in [0.15, 0.2) is 97.1 Å². The predicted molar refractivity (Wildman–Crippen MR) is 131 cm³/mol. The summed E-state index contributed by atoms with van der Waals surface area (Å²) >= 11 is 0. The number of methoxy groups -OCH3 is 1. The molecule has 7 heteroatoms. The van der Waals surface area contributed by atoms with Crippen molar-refractivity contribution in [1.29, 1.82) is 0 Å². The molecular formula is C27H24N2O5. The first-order chi connectivity index (χ1) is 16.6. The van der Waals surface area contributed by atoms with Gasteiger partial charge >= 0.3 is 0 Å². The Bertz CT molecular complexity index is 1230. The second-order valence-electron chi connectivity index (χ2n) is 7.49. The number of nitro benzene ring substituents is 1. The predicted octanol–water partition coefficient (Wildman–Crippen LogP) is 6.59. The highest BCUT2D eigenvalue weighted by Crippen LogP contribution is 2.30. The van der Waals surface area contributed by atoms with Gasteiger partial charge in [0.05, 0.1) is 12.0 Å². The van der Waals surface area contributed by atoms with Crippen LogP contribution in [0.1, 0.15) is 11.1 Å². The Labute approximate surface area is 197 Å². The molecule has 0 atom stereocenters. The lowest BCUT2D eigenvalue weighted by Gasteiger charge is -2.13. The number of ether oxygens (including phenoxy) is 3. The van der Waals surface area contributed by atoms with Crippen molar-refractivity contribution >= 4 is 11.4 Å². The molecule has 0 bridgehead atoms. The van der Waals surface area contributed by atoms with Gasteiger partial charge in [-0.3, -0.25) is 10.1 Å². The van der Waals surface area contributed by atoms with Crippen molar-refractivity contribution in [2.24, 2.45) is 0 Å². The van der Waals surface area contributed by atoms with Gasteiger partial charge in [-0.05, 0) is 71.8 Å². The molecule has 0 radical (unpaired) electrons. The SMILES string of the molecule is COc1cc(CNc2ccc(Oc3ccccc3)cc2)ccc1OCc1ccc([N+](=O)[O-])cc1. The lowest BCUT2D eigenvalue weighted by Crippen LogP contribution is -2.02. The van der Waals surface area contributed by atoms with Crippen molar-refractivity contribution in [3.05, 3.63) is 118 Å². The van der Waals surface area contributed by atoms with Crippen LogP contribution in [0.2, 0.25) is 0 Å². The Morgan fingerprint density at radius 3 is 2.15 bits per heavy atom. The van der Waals surface area contributed by atoms with E-state index in [1.807, 2.05) is 72.8 Å². The number of hydrogen-bond donors (Lipinski definition) is 1. The Balaban J connectivity index is 1.32. The van der Waals surface area contributed by atoms with Crippen molar-refractivity contribution in [2.45, 2.75) is 13.2 Å². The summed E-state index contributed by atoms with van der Waals surface area (Å²) in [6, 6.07) is 29.5. The van der Waals surface area contributed by atoms with E-state index in [1.165, 1.54) is 12.1 Å². The minimum absolute atomic E-state index is 0.0524. The topological polar surface area (TPSA) is 82.9 Å². The maximum atomic E-state index is 10.8. The molecule has 0 spiro atoms. The molecule has 34 heavy (non-hydrogen) atoms. The molecule has 0 amide bonds. The lowest BCUT2D eigenvalue weighted by atomic mass is 10.2. The number of non-ortho nitro benzene ring substituents is 1. The average Bonchev–Trinajstić information content (AvgIpc) is 2.88. The van der Waals surface area contributed by atoms with Gasteiger partial charge in [-0.1, -0.05) is 24.3 Å². The van der Waals surface area contributed by atoms with E-state index in [9.17, 15) is 10.1 Å². The van der Waals surface area contributed by atoms with E-state index in [0.29, 0.717) is 18.0 Å². The lowest BCUT2D eigenvalue weighted by molar-refractivity contribution is -0.384. The fourth-order valence-corrected chi connectivity index (χ4v) is 3.29. The van der Waals surface area contributed by atoms with Crippen molar-refractivity contribution in [3.8, 4) is 23.0 Å². The Morgan fingerprint density at radius 2 is 1.47 bits per heavy atom. The number of hydrogen-bond acceptors (Lipinski definition) is 6. The third-order valence-corrected chi connectivity index (χ3v) is 5.10. The zero-order valence-electron chi connectivity index (χ0n) is 18.6. The van der Waals surface area contributed by atoms with Gasteiger partial charge in [-0.2, -0.15) is 0 Å². The molecule has 0 fully saturated rings. The first kappa shape index (κ1) is 22.7. The second-order valence-corrected chi connectivity index (χ2v) is 7.49. The summed E-state index contributed by atoms with van der Waals surface area (Å²) in [4.78, 5) is 10.4. The summed E-state index contributed by atoms with van der Waals surface area (Å²) in [7, 11) is 1.59. The van der Waals surface area contributed by atoms with Crippen LogP contribution in [-0.4, -0.2) is 12.0 Å². The summed E-state index contributed by atoms with van der Waals surface area (Å²) in [5.41, 5.74) is 2.89. The van der Waals surface area contributed by atoms with Crippen molar-refractivity contribution in [3.63, 3.8) is 0 Å². The van der Waals surface area contributed by atoms with Crippen LogP contribution < -0.4 is 19.5 Å². The number of nitrogens with zero attached hydrogens (tertiary/aromatic N) is 1. The third-order valence-electron chi connectivity index (χ3n) is 5.10. The van der Waals surface area contributed by atoms with E-state index in [0.717, 1.165) is 28.3 Å². The van der Waals surface area contributed by atoms with Gasteiger partial charge < -0.3 is 19.5 Å². The minimum atomic E-state index is -0.423. The third kappa shape index (κ3) is 6.04. The molecule has 0 aliphatic heterocycles. The zero-order valence-corrected chi connectivity index (χ0v) is 18.6. The first-order valence-corrected chi connectivity index (χ1v) is 10.7.